The molecule has 4 aromatic rings. The molecule has 1 amide bonds. The fourth-order valence-corrected chi connectivity index (χ4v) is 4.40. The number of hydrogen-bond donors (Lipinski definition) is 1. The molecule has 0 spiro atoms. The number of rotatable bonds is 6. The summed E-state index contributed by atoms with van der Waals surface area (Å²) in [4.78, 5) is 17.0. The van der Waals surface area contributed by atoms with Gasteiger partial charge < -0.3 is 5.32 Å². The zero-order valence-electron chi connectivity index (χ0n) is 16.5. The summed E-state index contributed by atoms with van der Waals surface area (Å²) >= 11 is 2.49. The SMILES string of the molecule is Cc1ccccc1-n1cnnc1SC(C)C(=O)Nc1nc(-c2ccc(F)c(F)c2)cs1. The van der Waals surface area contributed by atoms with Crippen LogP contribution in [-0.4, -0.2) is 30.9 Å². The summed E-state index contributed by atoms with van der Waals surface area (Å²) in [6, 6.07) is 11.4. The fraction of sp³-hybridized carbons (Fsp3) is 0.143. The molecule has 0 saturated heterocycles. The van der Waals surface area contributed by atoms with Crippen molar-refractivity contribution in [3.05, 3.63) is 71.4 Å². The van der Waals surface area contributed by atoms with Gasteiger partial charge in [-0.05, 0) is 43.7 Å². The minimum atomic E-state index is -0.945. The van der Waals surface area contributed by atoms with Gasteiger partial charge >= 0.3 is 0 Å². The van der Waals surface area contributed by atoms with Gasteiger partial charge in [-0.3, -0.25) is 9.36 Å². The summed E-state index contributed by atoms with van der Waals surface area (Å²) in [5.41, 5.74) is 2.90. The molecule has 0 aliphatic carbocycles. The molecule has 2 aromatic heterocycles. The van der Waals surface area contributed by atoms with Gasteiger partial charge in [0.15, 0.2) is 21.9 Å². The first kappa shape index (κ1) is 21.1. The van der Waals surface area contributed by atoms with Crippen LogP contribution in [0.15, 0.2) is 59.3 Å². The number of amides is 1. The van der Waals surface area contributed by atoms with Crippen molar-refractivity contribution < 1.29 is 13.6 Å². The van der Waals surface area contributed by atoms with Crippen molar-refractivity contribution in [2.24, 2.45) is 0 Å². The second kappa shape index (κ2) is 8.94. The van der Waals surface area contributed by atoms with Crippen molar-refractivity contribution in [3.8, 4) is 16.9 Å². The lowest BCUT2D eigenvalue weighted by molar-refractivity contribution is -0.115. The highest BCUT2D eigenvalue weighted by atomic mass is 32.2. The van der Waals surface area contributed by atoms with E-state index in [-0.39, 0.29) is 5.91 Å². The van der Waals surface area contributed by atoms with Gasteiger partial charge in [0.05, 0.1) is 16.6 Å². The van der Waals surface area contributed by atoms with Gasteiger partial charge in [0.25, 0.3) is 0 Å². The van der Waals surface area contributed by atoms with Crippen LogP contribution in [-0.2, 0) is 4.79 Å². The molecule has 0 bridgehead atoms. The number of anilines is 1. The van der Waals surface area contributed by atoms with Crippen LogP contribution in [0.2, 0.25) is 0 Å². The Bertz CT molecular complexity index is 1240. The Morgan fingerprint density at radius 3 is 2.77 bits per heavy atom. The van der Waals surface area contributed by atoms with Crippen molar-refractivity contribution in [2.45, 2.75) is 24.3 Å². The fourth-order valence-electron chi connectivity index (χ4n) is 2.84. The quantitative estimate of drug-likeness (QED) is 0.408. The van der Waals surface area contributed by atoms with E-state index in [9.17, 15) is 13.6 Å². The summed E-state index contributed by atoms with van der Waals surface area (Å²) in [7, 11) is 0. The van der Waals surface area contributed by atoms with Crippen LogP contribution in [0, 0.1) is 18.6 Å². The van der Waals surface area contributed by atoms with Crippen molar-refractivity contribution >= 4 is 34.1 Å². The number of thiazole rings is 1. The van der Waals surface area contributed by atoms with Crippen LogP contribution in [0.25, 0.3) is 16.9 Å². The molecular weight excluding hydrogens is 440 g/mol. The first-order valence-corrected chi connectivity index (χ1v) is 11.0. The van der Waals surface area contributed by atoms with Crippen LogP contribution in [0.1, 0.15) is 12.5 Å². The number of halogens is 2. The molecule has 2 heterocycles. The largest absolute Gasteiger partial charge is 0.301 e. The molecule has 4 rings (SSSR count). The van der Waals surface area contributed by atoms with Gasteiger partial charge in [0.2, 0.25) is 5.91 Å². The van der Waals surface area contributed by atoms with E-state index in [1.54, 1.807) is 18.6 Å². The minimum Gasteiger partial charge on any atom is -0.301 e. The van der Waals surface area contributed by atoms with E-state index >= 15 is 0 Å². The number of aryl methyl sites for hydroxylation is 1. The van der Waals surface area contributed by atoms with Gasteiger partial charge in [-0.25, -0.2) is 13.8 Å². The molecular formula is C21H17F2N5OS2. The molecule has 2 aromatic carbocycles. The van der Waals surface area contributed by atoms with E-state index in [4.69, 9.17) is 0 Å². The standard InChI is InChI=1S/C21H17F2N5OS2/c1-12-5-3-4-6-18(12)28-11-24-27-21(28)31-13(2)19(29)26-20-25-17(10-30-20)14-7-8-15(22)16(23)9-14/h3-11,13H,1-2H3,(H,25,26,29). The number of carbonyl (C=O) groups is 1. The molecule has 1 atom stereocenters. The molecule has 10 heteroatoms. The van der Waals surface area contributed by atoms with Crippen LogP contribution in [0.4, 0.5) is 13.9 Å². The Balaban J connectivity index is 1.45. The summed E-state index contributed by atoms with van der Waals surface area (Å²) in [6.07, 6.45) is 1.62. The first-order chi connectivity index (χ1) is 14.9. The van der Waals surface area contributed by atoms with E-state index in [1.165, 1.54) is 29.2 Å². The Morgan fingerprint density at radius 2 is 2.00 bits per heavy atom. The number of benzene rings is 2. The Hall–Kier alpha value is -3.11. The lowest BCUT2D eigenvalue weighted by Gasteiger charge is -2.12. The second-order valence-corrected chi connectivity index (χ2v) is 8.85. The smallest absolute Gasteiger partial charge is 0.239 e. The summed E-state index contributed by atoms with van der Waals surface area (Å²) in [5.74, 6) is -2.12. The molecule has 0 aliphatic heterocycles. The Morgan fingerprint density at radius 1 is 1.19 bits per heavy atom. The predicted octanol–water partition coefficient (Wildman–Crippen LogP) is 5.10. The van der Waals surface area contributed by atoms with Crippen LogP contribution in [0.3, 0.4) is 0 Å². The molecule has 158 valence electrons. The molecule has 1 N–H and O–H groups in total. The molecule has 0 fully saturated rings. The van der Waals surface area contributed by atoms with Crippen molar-refractivity contribution in [1.29, 1.82) is 0 Å². The van der Waals surface area contributed by atoms with Crippen molar-refractivity contribution in [3.63, 3.8) is 0 Å². The highest BCUT2D eigenvalue weighted by molar-refractivity contribution is 8.00. The summed E-state index contributed by atoms with van der Waals surface area (Å²) in [6.45, 7) is 3.76. The number of hydrogen-bond acceptors (Lipinski definition) is 6. The van der Waals surface area contributed by atoms with Gasteiger partial charge in [0, 0.05) is 10.9 Å². The van der Waals surface area contributed by atoms with Crippen LogP contribution < -0.4 is 5.32 Å². The number of thioether (sulfide) groups is 1. The van der Waals surface area contributed by atoms with Crippen LogP contribution in [0.5, 0.6) is 0 Å². The number of nitrogens with zero attached hydrogens (tertiary/aromatic N) is 4. The number of aromatic nitrogens is 4. The third-order valence-corrected chi connectivity index (χ3v) is 6.31. The van der Waals surface area contributed by atoms with E-state index in [1.807, 2.05) is 35.8 Å². The van der Waals surface area contributed by atoms with E-state index in [0.717, 1.165) is 23.4 Å². The molecule has 0 aliphatic rings. The first-order valence-electron chi connectivity index (χ1n) is 9.27. The molecule has 6 nitrogen and oxygen atoms in total. The van der Waals surface area contributed by atoms with Gasteiger partial charge in [0.1, 0.15) is 6.33 Å². The third-order valence-electron chi connectivity index (χ3n) is 4.49. The highest BCUT2D eigenvalue weighted by Crippen LogP contribution is 2.28. The van der Waals surface area contributed by atoms with E-state index in [0.29, 0.717) is 21.5 Å². The normalized spacial score (nSPS) is 12.0. The highest BCUT2D eigenvalue weighted by Gasteiger charge is 2.20. The lowest BCUT2D eigenvalue weighted by atomic mass is 10.2. The maximum absolute atomic E-state index is 13.5. The van der Waals surface area contributed by atoms with Gasteiger partial charge in [-0.15, -0.1) is 21.5 Å². The average Bonchev–Trinajstić information content (AvgIpc) is 3.40. The van der Waals surface area contributed by atoms with Crippen molar-refractivity contribution in [1.82, 2.24) is 19.7 Å². The van der Waals surface area contributed by atoms with Gasteiger partial charge in [-0.2, -0.15) is 0 Å². The maximum Gasteiger partial charge on any atom is 0.239 e. The maximum atomic E-state index is 13.5. The minimum absolute atomic E-state index is 0.254. The Kier molecular flexibility index (Phi) is 6.10. The topological polar surface area (TPSA) is 72.7 Å². The molecule has 31 heavy (non-hydrogen) atoms. The number of nitrogens with one attached hydrogen (secondary N) is 1. The summed E-state index contributed by atoms with van der Waals surface area (Å²) in [5, 5.41) is 13.1. The van der Waals surface area contributed by atoms with Crippen LogP contribution >= 0.6 is 23.1 Å². The zero-order valence-corrected chi connectivity index (χ0v) is 18.2. The van der Waals surface area contributed by atoms with Gasteiger partial charge in [-0.1, -0.05) is 30.0 Å². The number of carbonyl (C=O) groups excluding carboxylic acids is 1. The molecule has 0 saturated carbocycles. The predicted molar refractivity (Wildman–Crippen MR) is 118 cm³/mol. The lowest BCUT2D eigenvalue weighted by Crippen LogP contribution is -2.22. The molecule has 1 unspecified atom stereocenters. The third kappa shape index (κ3) is 4.64. The summed E-state index contributed by atoms with van der Waals surface area (Å²) < 4.78 is 28.4. The second-order valence-electron chi connectivity index (χ2n) is 6.69. The molecule has 0 radical (unpaired) electrons. The van der Waals surface area contributed by atoms with E-state index < -0.39 is 16.9 Å². The Labute approximate surface area is 185 Å². The monoisotopic (exact) mass is 457 g/mol. The zero-order chi connectivity index (χ0) is 22.0. The van der Waals surface area contributed by atoms with E-state index in [2.05, 4.69) is 20.5 Å². The number of para-hydroxylation sites is 1. The van der Waals surface area contributed by atoms with Crippen molar-refractivity contribution in [2.75, 3.05) is 5.32 Å². The average molecular weight is 458 g/mol.